The predicted molar refractivity (Wildman–Crippen MR) is 45.2 cm³/mol. The van der Waals surface area contributed by atoms with E-state index in [2.05, 4.69) is 20.4 Å². The summed E-state index contributed by atoms with van der Waals surface area (Å²) in [6.07, 6.45) is 2.52. The lowest BCUT2D eigenvalue weighted by Crippen LogP contribution is -2.33. The highest BCUT2D eigenvalue weighted by Crippen LogP contribution is 2.23. The van der Waals surface area contributed by atoms with E-state index >= 15 is 0 Å². The topological polar surface area (TPSA) is 20.3 Å². The Morgan fingerprint density at radius 3 is 2.64 bits per heavy atom. The lowest BCUT2D eigenvalue weighted by atomic mass is 10.1. The zero-order valence-corrected chi connectivity index (χ0v) is 7.21. The van der Waals surface area contributed by atoms with Crippen LogP contribution in [0.1, 0.15) is 20.3 Å². The fourth-order valence-electron chi connectivity index (χ4n) is 1.52. The molecular weight excluding hydrogens is 138 g/mol. The van der Waals surface area contributed by atoms with E-state index < -0.39 is 0 Å². The highest BCUT2D eigenvalue weighted by molar-refractivity contribution is 5.87. The Morgan fingerprint density at radius 1 is 1.64 bits per heavy atom. The Bertz CT molecular complexity index is 176. The molecule has 0 aromatic rings. The van der Waals surface area contributed by atoms with Crippen LogP contribution in [-0.4, -0.2) is 23.4 Å². The van der Waals surface area contributed by atoms with Gasteiger partial charge in [-0.3, -0.25) is 4.79 Å². The number of rotatable bonds is 1. The van der Waals surface area contributed by atoms with Crippen LogP contribution < -0.4 is 0 Å². The Kier molecular flexibility index (Phi) is 2.32. The van der Waals surface area contributed by atoms with E-state index in [1.165, 1.54) is 6.08 Å². The fraction of sp³-hybridized carbons (Fsp3) is 0.667. The number of nitrogens with zero attached hydrogens (tertiary/aromatic N) is 1. The summed E-state index contributed by atoms with van der Waals surface area (Å²) < 4.78 is 0. The van der Waals surface area contributed by atoms with Gasteiger partial charge in [-0.05, 0) is 25.3 Å². The van der Waals surface area contributed by atoms with Crippen LogP contribution in [0.15, 0.2) is 12.7 Å². The first-order valence-corrected chi connectivity index (χ1v) is 4.10. The average molecular weight is 153 g/mol. The van der Waals surface area contributed by atoms with Crippen molar-refractivity contribution in [1.29, 1.82) is 0 Å². The molecule has 0 unspecified atom stereocenters. The van der Waals surface area contributed by atoms with Crippen LogP contribution in [0.4, 0.5) is 0 Å². The summed E-state index contributed by atoms with van der Waals surface area (Å²) in [5.41, 5.74) is 0. The molecule has 1 aliphatic rings. The molecule has 11 heavy (non-hydrogen) atoms. The minimum atomic E-state index is 0.0712. The standard InChI is InChI=1S/C9H15NO/c1-4-9(11)10-6-5-7(2)8(10)3/h4,7-8H,1,5-6H2,2-3H3/t7-,8-/m1/s1. The second kappa shape index (κ2) is 3.07. The molecule has 1 rings (SSSR count). The van der Waals surface area contributed by atoms with Gasteiger partial charge in [0, 0.05) is 12.6 Å². The molecule has 2 atom stereocenters. The fourth-order valence-corrected chi connectivity index (χ4v) is 1.52. The monoisotopic (exact) mass is 153 g/mol. The molecule has 0 aliphatic carbocycles. The summed E-state index contributed by atoms with van der Waals surface area (Å²) in [4.78, 5) is 13.1. The van der Waals surface area contributed by atoms with Crippen molar-refractivity contribution in [3.8, 4) is 0 Å². The maximum absolute atomic E-state index is 11.2. The smallest absolute Gasteiger partial charge is 0.246 e. The van der Waals surface area contributed by atoms with Crippen molar-refractivity contribution < 1.29 is 4.79 Å². The van der Waals surface area contributed by atoms with Gasteiger partial charge in [-0.15, -0.1) is 0 Å². The van der Waals surface area contributed by atoms with E-state index in [0.29, 0.717) is 12.0 Å². The second-order valence-corrected chi connectivity index (χ2v) is 3.24. The van der Waals surface area contributed by atoms with Crippen molar-refractivity contribution in [1.82, 2.24) is 4.90 Å². The van der Waals surface area contributed by atoms with Crippen molar-refractivity contribution in [3.05, 3.63) is 12.7 Å². The lowest BCUT2D eigenvalue weighted by Gasteiger charge is -2.21. The van der Waals surface area contributed by atoms with Crippen LogP contribution >= 0.6 is 0 Å². The number of carbonyl (C=O) groups excluding carboxylic acids is 1. The first-order valence-electron chi connectivity index (χ1n) is 4.10. The molecule has 1 saturated heterocycles. The third-order valence-electron chi connectivity index (χ3n) is 2.60. The van der Waals surface area contributed by atoms with Crippen LogP contribution in [0.25, 0.3) is 0 Å². The largest absolute Gasteiger partial charge is 0.336 e. The molecule has 0 aromatic carbocycles. The summed E-state index contributed by atoms with van der Waals surface area (Å²) in [5.74, 6) is 0.709. The zero-order chi connectivity index (χ0) is 8.43. The third-order valence-corrected chi connectivity index (χ3v) is 2.60. The highest BCUT2D eigenvalue weighted by atomic mass is 16.2. The van der Waals surface area contributed by atoms with E-state index in [1.807, 2.05) is 4.90 Å². The molecule has 1 amide bonds. The Morgan fingerprint density at radius 2 is 2.27 bits per heavy atom. The Hall–Kier alpha value is -0.790. The van der Waals surface area contributed by atoms with Gasteiger partial charge >= 0.3 is 0 Å². The quantitative estimate of drug-likeness (QED) is 0.522. The summed E-state index contributed by atoms with van der Waals surface area (Å²) in [7, 11) is 0. The molecule has 2 heteroatoms. The molecule has 0 N–H and O–H groups in total. The van der Waals surface area contributed by atoms with Crippen molar-refractivity contribution >= 4 is 5.91 Å². The van der Waals surface area contributed by atoms with Crippen molar-refractivity contribution in [2.75, 3.05) is 6.54 Å². The second-order valence-electron chi connectivity index (χ2n) is 3.24. The van der Waals surface area contributed by atoms with Gasteiger partial charge in [0.1, 0.15) is 0 Å². The first kappa shape index (κ1) is 8.31. The Balaban J connectivity index is 2.61. The van der Waals surface area contributed by atoms with Gasteiger partial charge in [0.15, 0.2) is 0 Å². The summed E-state index contributed by atoms with van der Waals surface area (Å²) in [5, 5.41) is 0. The molecule has 0 saturated carbocycles. The molecule has 0 radical (unpaired) electrons. The SMILES string of the molecule is C=CC(=O)N1CC[C@@H](C)[C@H]1C. The molecule has 1 aliphatic heterocycles. The van der Waals surface area contributed by atoms with Crippen molar-refractivity contribution in [2.45, 2.75) is 26.3 Å². The minimum Gasteiger partial charge on any atom is -0.336 e. The molecule has 1 fully saturated rings. The summed E-state index contributed by atoms with van der Waals surface area (Å²) in [6.45, 7) is 8.65. The summed E-state index contributed by atoms with van der Waals surface area (Å²) >= 11 is 0. The van der Waals surface area contributed by atoms with Crippen molar-refractivity contribution in [3.63, 3.8) is 0 Å². The lowest BCUT2D eigenvalue weighted by molar-refractivity contribution is -0.126. The zero-order valence-electron chi connectivity index (χ0n) is 7.21. The van der Waals surface area contributed by atoms with E-state index in [9.17, 15) is 4.79 Å². The molecule has 0 aromatic heterocycles. The molecule has 62 valence electrons. The molecule has 0 bridgehead atoms. The van der Waals surface area contributed by atoms with Gasteiger partial charge in [-0.25, -0.2) is 0 Å². The maximum Gasteiger partial charge on any atom is 0.246 e. The minimum absolute atomic E-state index is 0.0712. The summed E-state index contributed by atoms with van der Waals surface area (Å²) in [6, 6.07) is 0.389. The van der Waals surface area contributed by atoms with Gasteiger partial charge in [0.2, 0.25) is 5.91 Å². The Labute approximate surface area is 67.9 Å². The van der Waals surface area contributed by atoms with E-state index in [0.717, 1.165) is 13.0 Å². The maximum atomic E-state index is 11.2. The van der Waals surface area contributed by atoms with Crippen molar-refractivity contribution in [2.24, 2.45) is 5.92 Å². The van der Waals surface area contributed by atoms with Gasteiger partial charge < -0.3 is 4.90 Å². The molecule has 2 nitrogen and oxygen atoms in total. The van der Waals surface area contributed by atoms with Gasteiger partial charge in [0.05, 0.1) is 0 Å². The molecule has 0 spiro atoms. The van der Waals surface area contributed by atoms with Crippen LogP contribution in [0.3, 0.4) is 0 Å². The van der Waals surface area contributed by atoms with Crippen LogP contribution in [0, 0.1) is 5.92 Å². The molecular formula is C9H15NO. The van der Waals surface area contributed by atoms with Crippen LogP contribution in [0.5, 0.6) is 0 Å². The van der Waals surface area contributed by atoms with Gasteiger partial charge in [-0.2, -0.15) is 0 Å². The third kappa shape index (κ3) is 1.44. The van der Waals surface area contributed by atoms with E-state index in [1.54, 1.807) is 0 Å². The van der Waals surface area contributed by atoms with Crippen LogP contribution in [0.2, 0.25) is 0 Å². The number of likely N-dealkylation sites (tertiary alicyclic amines) is 1. The van der Waals surface area contributed by atoms with E-state index in [4.69, 9.17) is 0 Å². The average Bonchev–Trinajstić information content (AvgIpc) is 2.32. The number of amides is 1. The van der Waals surface area contributed by atoms with E-state index in [-0.39, 0.29) is 5.91 Å². The predicted octanol–water partition coefficient (Wildman–Crippen LogP) is 1.43. The number of hydrogen-bond donors (Lipinski definition) is 0. The van der Waals surface area contributed by atoms with Gasteiger partial charge in [0.25, 0.3) is 0 Å². The highest BCUT2D eigenvalue weighted by Gasteiger charge is 2.29. The molecule has 1 heterocycles. The number of carbonyl (C=O) groups is 1. The normalized spacial score (nSPS) is 30.5. The number of hydrogen-bond acceptors (Lipinski definition) is 1. The van der Waals surface area contributed by atoms with Gasteiger partial charge in [-0.1, -0.05) is 13.5 Å². The first-order chi connectivity index (χ1) is 5.16. The van der Waals surface area contributed by atoms with Crippen LogP contribution in [-0.2, 0) is 4.79 Å².